The van der Waals surface area contributed by atoms with E-state index in [4.69, 9.17) is 5.11 Å². The highest BCUT2D eigenvalue weighted by molar-refractivity contribution is 5.88. The van der Waals surface area contributed by atoms with Crippen LogP contribution in [-0.2, 0) is 6.42 Å². The molecule has 0 amide bonds. The van der Waals surface area contributed by atoms with Crippen LogP contribution in [0.2, 0.25) is 0 Å². The van der Waals surface area contributed by atoms with E-state index < -0.39 is 5.97 Å². The number of carboxylic acid groups (broad SMARTS) is 1. The molecule has 0 aliphatic carbocycles. The van der Waals surface area contributed by atoms with Crippen molar-refractivity contribution in [3.8, 4) is 0 Å². The van der Waals surface area contributed by atoms with Crippen molar-refractivity contribution in [2.24, 2.45) is 0 Å². The topological polar surface area (TPSA) is 87.1 Å². The second-order valence-electron chi connectivity index (χ2n) is 6.03. The Labute approximate surface area is 156 Å². The molecule has 138 valence electrons. The maximum absolute atomic E-state index is 12.9. The molecule has 0 saturated heterocycles. The number of hydrogen-bond acceptors (Lipinski definition) is 5. The van der Waals surface area contributed by atoms with Crippen LogP contribution in [-0.4, -0.2) is 27.6 Å². The Morgan fingerprint density at radius 2 is 1.78 bits per heavy atom. The van der Waals surface area contributed by atoms with Gasteiger partial charge < -0.3 is 15.7 Å². The molecule has 1 aromatic heterocycles. The molecule has 0 radical (unpaired) electrons. The van der Waals surface area contributed by atoms with Gasteiger partial charge in [0.25, 0.3) is 0 Å². The van der Waals surface area contributed by atoms with Crippen LogP contribution in [0.5, 0.6) is 0 Å². The molecule has 0 fully saturated rings. The number of carboxylic acids is 1. The summed E-state index contributed by atoms with van der Waals surface area (Å²) in [5.41, 5.74) is 2.77. The smallest absolute Gasteiger partial charge is 0.335 e. The summed E-state index contributed by atoms with van der Waals surface area (Å²) >= 11 is 0. The van der Waals surface area contributed by atoms with Crippen LogP contribution in [0.25, 0.3) is 0 Å². The number of carbonyl (C=O) groups is 1. The van der Waals surface area contributed by atoms with E-state index in [9.17, 15) is 9.18 Å². The van der Waals surface area contributed by atoms with Gasteiger partial charge in [-0.2, -0.15) is 4.98 Å². The Kier molecular flexibility index (Phi) is 5.61. The number of nitrogens with zero attached hydrogens (tertiary/aromatic N) is 2. The fourth-order valence-electron chi connectivity index (χ4n) is 2.53. The van der Waals surface area contributed by atoms with Gasteiger partial charge in [-0.25, -0.2) is 14.2 Å². The lowest BCUT2D eigenvalue weighted by molar-refractivity contribution is 0.0697. The molecule has 0 bridgehead atoms. The lowest BCUT2D eigenvalue weighted by Crippen LogP contribution is -2.09. The Bertz CT molecular complexity index is 928. The number of hydrogen-bond donors (Lipinski definition) is 3. The molecule has 3 rings (SSSR count). The van der Waals surface area contributed by atoms with Gasteiger partial charge in [0.2, 0.25) is 5.95 Å². The van der Waals surface area contributed by atoms with Crippen molar-refractivity contribution in [1.29, 1.82) is 0 Å². The van der Waals surface area contributed by atoms with Crippen LogP contribution >= 0.6 is 0 Å². The Balaban J connectivity index is 1.63. The highest BCUT2D eigenvalue weighted by Gasteiger charge is 2.05. The number of nitrogens with one attached hydrogen (secondary N) is 2. The predicted molar refractivity (Wildman–Crippen MR) is 102 cm³/mol. The lowest BCUT2D eigenvalue weighted by atomic mass is 10.1. The average molecular weight is 366 g/mol. The lowest BCUT2D eigenvalue weighted by Gasteiger charge is -2.10. The Morgan fingerprint density at radius 1 is 1.07 bits per heavy atom. The van der Waals surface area contributed by atoms with Crippen LogP contribution in [0.3, 0.4) is 0 Å². The molecule has 7 heteroatoms. The Hall–Kier alpha value is -3.48. The van der Waals surface area contributed by atoms with E-state index in [1.54, 1.807) is 30.3 Å². The first-order valence-corrected chi connectivity index (χ1v) is 8.44. The van der Waals surface area contributed by atoms with Gasteiger partial charge in [0, 0.05) is 24.0 Å². The average Bonchev–Trinajstić information content (AvgIpc) is 2.63. The maximum Gasteiger partial charge on any atom is 0.335 e. The molecule has 0 saturated carbocycles. The fourth-order valence-corrected chi connectivity index (χ4v) is 2.53. The standard InChI is InChI=1S/C20H19FN4O2/c1-13-12-18(24-17-8-4-15(5-9-17)19(26)27)25-20(23-13)22-11-10-14-2-6-16(21)7-3-14/h2-9,12H,10-11H2,1H3,(H,26,27)(H2,22,23,24,25). The molecule has 3 aromatic rings. The Morgan fingerprint density at radius 3 is 2.44 bits per heavy atom. The number of aryl methyl sites for hydroxylation is 1. The first-order chi connectivity index (χ1) is 13.0. The van der Waals surface area contributed by atoms with Crippen LogP contribution in [0.15, 0.2) is 54.6 Å². The summed E-state index contributed by atoms with van der Waals surface area (Å²) in [4.78, 5) is 19.7. The number of rotatable bonds is 7. The van der Waals surface area contributed by atoms with Crippen molar-refractivity contribution in [1.82, 2.24) is 9.97 Å². The molecule has 0 atom stereocenters. The van der Waals surface area contributed by atoms with E-state index >= 15 is 0 Å². The van der Waals surface area contributed by atoms with E-state index in [1.807, 2.05) is 6.92 Å². The molecule has 0 aliphatic heterocycles. The van der Waals surface area contributed by atoms with E-state index in [1.165, 1.54) is 24.3 Å². The third kappa shape index (κ3) is 5.24. The molecule has 0 spiro atoms. The molecule has 0 aliphatic rings. The maximum atomic E-state index is 12.9. The quantitative estimate of drug-likeness (QED) is 0.585. The summed E-state index contributed by atoms with van der Waals surface area (Å²) in [6, 6.07) is 14.6. The molecule has 0 unspecified atom stereocenters. The van der Waals surface area contributed by atoms with Crippen LogP contribution in [0, 0.1) is 12.7 Å². The fraction of sp³-hybridized carbons (Fsp3) is 0.150. The highest BCUT2D eigenvalue weighted by Crippen LogP contribution is 2.17. The van der Waals surface area contributed by atoms with Crippen molar-refractivity contribution in [3.05, 3.63) is 77.2 Å². The monoisotopic (exact) mass is 366 g/mol. The van der Waals surface area contributed by atoms with Crippen molar-refractivity contribution >= 4 is 23.4 Å². The van der Waals surface area contributed by atoms with Gasteiger partial charge in [0.1, 0.15) is 11.6 Å². The van der Waals surface area contributed by atoms with Crippen LogP contribution < -0.4 is 10.6 Å². The third-order valence-corrected chi connectivity index (χ3v) is 3.87. The minimum Gasteiger partial charge on any atom is -0.478 e. The highest BCUT2D eigenvalue weighted by atomic mass is 19.1. The van der Waals surface area contributed by atoms with Crippen molar-refractivity contribution in [2.45, 2.75) is 13.3 Å². The second kappa shape index (κ2) is 8.27. The van der Waals surface area contributed by atoms with Crippen LogP contribution in [0.4, 0.5) is 21.8 Å². The molecular weight excluding hydrogens is 347 g/mol. The van der Waals surface area contributed by atoms with Gasteiger partial charge in [-0.1, -0.05) is 12.1 Å². The van der Waals surface area contributed by atoms with Gasteiger partial charge in [-0.3, -0.25) is 0 Å². The predicted octanol–water partition coefficient (Wildman–Crippen LogP) is 4.02. The summed E-state index contributed by atoms with van der Waals surface area (Å²) in [5.74, 6) is -0.121. The van der Waals surface area contributed by atoms with Gasteiger partial charge >= 0.3 is 5.97 Å². The number of aromatic carboxylic acids is 1. The van der Waals surface area contributed by atoms with Crippen molar-refractivity contribution < 1.29 is 14.3 Å². The number of anilines is 3. The molecule has 27 heavy (non-hydrogen) atoms. The van der Waals surface area contributed by atoms with Gasteiger partial charge in [0.15, 0.2) is 0 Å². The number of benzene rings is 2. The molecule has 1 heterocycles. The zero-order chi connectivity index (χ0) is 19.2. The molecule has 3 N–H and O–H groups in total. The largest absolute Gasteiger partial charge is 0.478 e. The SMILES string of the molecule is Cc1cc(Nc2ccc(C(=O)O)cc2)nc(NCCc2ccc(F)cc2)n1. The molecule has 6 nitrogen and oxygen atoms in total. The van der Waals surface area contributed by atoms with Gasteiger partial charge in [-0.05, 0) is 55.3 Å². The zero-order valence-corrected chi connectivity index (χ0v) is 14.7. The van der Waals surface area contributed by atoms with Crippen molar-refractivity contribution in [2.75, 3.05) is 17.2 Å². The van der Waals surface area contributed by atoms with E-state index in [0.717, 1.165) is 23.4 Å². The van der Waals surface area contributed by atoms with Crippen molar-refractivity contribution in [3.63, 3.8) is 0 Å². The normalized spacial score (nSPS) is 10.4. The van der Waals surface area contributed by atoms with E-state index in [0.29, 0.717) is 18.3 Å². The summed E-state index contributed by atoms with van der Waals surface area (Å²) in [5, 5.41) is 15.3. The molecule has 2 aromatic carbocycles. The second-order valence-corrected chi connectivity index (χ2v) is 6.03. The zero-order valence-electron chi connectivity index (χ0n) is 14.7. The first-order valence-electron chi connectivity index (χ1n) is 8.44. The summed E-state index contributed by atoms with van der Waals surface area (Å²) in [7, 11) is 0. The molecular formula is C20H19FN4O2. The number of aromatic nitrogens is 2. The van der Waals surface area contributed by atoms with E-state index in [-0.39, 0.29) is 11.4 Å². The van der Waals surface area contributed by atoms with E-state index in [2.05, 4.69) is 20.6 Å². The summed E-state index contributed by atoms with van der Waals surface area (Å²) in [6.45, 7) is 2.48. The third-order valence-electron chi connectivity index (χ3n) is 3.87. The summed E-state index contributed by atoms with van der Waals surface area (Å²) in [6.07, 6.45) is 0.719. The number of halogens is 1. The van der Waals surface area contributed by atoms with Crippen LogP contribution in [0.1, 0.15) is 21.6 Å². The van der Waals surface area contributed by atoms with Gasteiger partial charge in [-0.15, -0.1) is 0 Å². The minimum atomic E-state index is -0.966. The van der Waals surface area contributed by atoms with Gasteiger partial charge in [0.05, 0.1) is 5.56 Å². The summed E-state index contributed by atoms with van der Waals surface area (Å²) < 4.78 is 12.9. The first kappa shape index (κ1) is 18.3. The minimum absolute atomic E-state index is 0.225.